The zero-order valence-corrected chi connectivity index (χ0v) is 19.1. The lowest BCUT2D eigenvalue weighted by Gasteiger charge is -2.43. The Balaban J connectivity index is 0.00000228. The number of hydrogen-bond acceptors (Lipinski definition) is 5. The summed E-state index contributed by atoms with van der Waals surface area (Å²) in [5.41, 5.74) is 11.7. The fourth-order valence-electron chi connectivity index (χ4n) is 5.35. The van der Waals surface area contributed by atoms with Crippen LogP contribution in [-0.2, 0) is 0 Å². The number of nitrogens with one attached hydrogen (secondary N) is 1. The highest BCUT2D eigenvalue weighted by molar-refractivity contribution is 5.85. The van der Waals surface area contributed by atoms with Gasteiger partial charge in [0.2, 0.25) is 0 Å². The predicted octanol–water partition coefficient (Wildman–Crippen LogP) is 4.73. The van der Waals surface area contributed by atoms with E-state index in [4.69, 9.17) is 10.7 Å². The topological polar surface area (TPSA) is 71.5 Å². The second-order valence-electron chi connectivity index (χ2n) is 8.81. The Bertz CT molecular complexity index is 1330. The van der Waals surface area contributed by atoms with E-state index in [0.717, 1.165) is 48.6 Å². The molecule has 1 saturated heterocycles. The van der Waals surface area contributed by atoms with Crippen molar-refractivity contribution in [1.29, 1.82) is 0 Å². The van der Waals surface area contributed by atoms with Gasteiger partial charge in [0.25, 0.3) is 0 Å². The van der Waals surface area contributed by atoms with E-state index in [-0.39, 0.29) is 29.8 Å². The number of fused-ring (bicyclic) bond motifs is 2. The van der Waals surface area contributed by atoms with Crippen molar-refractivity contribution in [2.75, 3.05) is 23.3 Å². The Kier molecular flexibility index (Phi) is 5.26. The molecule has 0 amide bonds. The van der Waals surface area contributed by atoms with Crippen LogP contribution in [0.4, 0.5) is 15.9 Å². The van der Waals surface area contributed by atoms with Crippen LogP contribution in [0.1, 0.15) is 30.1 Å². The highest BCUT2D eigenvalue weighted by Crippen LogP contribution is 2.45. The molecule has 170 valence electrons. The number of benzene rings is 2. The molecule has 0 radical (unpaired) electrons. The van der Waals surface area contributed by atoms with Crippen molar-refractivity contribution in [2.24, 2.45) is 5.73 Å². The average molecular weight is 465 g/mol. The van der Waals surface area contributed by atoms with Crippen LogP contribution in [0.25, 0.3) is 16.8 Å². The van der Waals surface area contributed by atoms with Crippen LogP contribution in [0.2, 0.25) is 0 Å². The molecule has 6 nitrogen and oxygen atoms in total. The molecule has 8 heteroatoms. The van der Waals surface area contributed by atoms with Gasteiger partial charge in [0.1, 0.15) is 11.3 Å². The van der Waals surface area contributed by atoms with Crippen molar-refractivity contribution in [3.63, 3.8) is 0 Å². The third kappa shape index (κ3) is 3.26. The van der Waals surface area contributed by atoms with E-state index in [1.807, 2.05) is 29.6 Å². The highest BCUT2D eigenvalue weighted by atomic mass is 35.5. The summed E-state index contributed by atoms with van der Waals surface area (Å²) in [4.78, 5) is 7.24. The van der Waals surface area contributed by atoms with Gasteiger partial charge in [-0.05, 0) is 49.6 Å². The number of aryl methyl sites for hydroxylation is 1. The second-order valence-corrected chi connectivity index (χ2v) is 8.81. The molecule has 6 rings (SSSR count). The van der Waals surface area contributed by atoms with Gasteiger partial charge in [0.05, 0.1) is 29.2 Å². The number of piperidine rings is 1. The molecule has 0 saturated carbocycles. The van der Waals surface area contributed by atoms with Gasteiger partial charge in [-0.1, -0.05) is 30.3 Å². The zero-order valence-electron chi connectivity index (χ0n) is 18.3. The first kappa shape index (κ1) is 21.7. The van der Waals surface area contributed by atoms with Crippen LogP contribution in [0.15, 0.2) is 60.8 Å². The van der Waals surface area contributed by atoms with E-state index >= 15 is 0 Å². The summed E-state index contributed by atoms with van der Waals surface area (Å²) >= 11 is 0. The zero-order chi connectivity index (χ0) is 21.9. The Morgan fingerprint density at radius 2 is 1.79 bits per heavy atom. The fraction of sp³-hybridized carbons (Fsp3) is 0.280. The van der Waals surface area contributed by atoms with Gasteiger partial charge in [0.15, 0.2) is 5.82 Å². The molecule has 4 heterocycles. The number of halogens is 2. The van der Waals surface area contributed by atoms with Gasteiger partial charge in [-0.25, -0.2) is 13.9 Å². The first-order valence-corrected chi connectivity index (χ1v) is 11.0. The smallest absolute Gasteiger partial charge is 0.155 e. The molecule has 2 aliphatic heterocycles. The van der Waals surface area contributed by atoms with Crippen molar-refractivity contribution < 1.29 is 4.39 Å². The first-order chi connectivity index (χ1) is 15.6. The highest BCUT2D eigenvalue weighted by Gasteiger charge is 2.46. The number of aromatic nitrogens is 3. The molecule has 4 aromatic rings. The summed E-state index contributed by atoms with van der Waals surface area (Å²) in [5.74, 6) is 0.613. The largest absolute Gasteiger partial charge is 0.377 e. The molecule has 2 aromatic carbocycles. The van der Waals surface area contributed by atoms with Gasteiger partial charge in [-0.3, -0.25) is 0 Å². The number of rotatable bonds is 2. The molecule has 3 N–H and O–H groups in total. The van der Waals surface area contributed by atoms with Gasteiger partial charge in [-0.2, -0.15) is 5.10 Å². The Labute approximate surface area is 198 Å². The molecule has 1 spiro atoms. The monoisotopic (exact) mass is 464 g/mol. The Morgan fingerprint density at radius 1 is 1.06 bits per heavy atom. The number of nitrogens with zero attached hydrogens (tertiary/aromatic N) is 4. The molecular formula is C25H26ClFN6. The van der Waals surface area contributed by atoms with Crippen molar-refractivity contribution in [2.45, 2.75) is 31.3 Å². The van der Waals surface area contributed by atoms with Crippen LogP contribution in [0.5, 0.6) is 0 Å². The van der Waals surface area contributed by atoms with Gasteiger partial charge in [-0.15, -0.1) is 12.4 Å². The van der Waals surface area contributed by atoms with Gasteiger partial charge >= 0.3 is 0 Å². The van der Waals surface area contributed by atoms with E-state index in [1.54, 1.807) is 18.3 Å². The van der Waals surface area contributed by atoms with Crippen LogP contribution in [0, 0.1) is 12.7 Å². The average Bonchev–Trinajstić information content (AvgIpc) is 3.39. The third-order valence-electron chi connectivity index (χ3n) is 7.06. The molecule has 0 bridgehead atoms. The van der Waals surface area contributed by atoms with E-state index < -0.39 is 0 Å². The SMILES string of the molecule is Cc1nc(N2CCC3(CC2)Nc2ccccc2[C@H]3N)c2ccnn2c1-c1ccccc1F.Cl. The number of anilines is 2. The number of nitrogens with two attached hydrogens (primary N) is 1. The summed E-state index contributed by atoms with van der Waals surface area (Å²) in [6.07, 6.45) is 3.58. The minimum absolute atomic E-state index is 0. The molecule has 2 aliphatic rings. The maximum Gasteiger partial charge on any atom is 0.155 e. The molecule has 0 aliphatic carbocycles. The van der Waals surface area contributed by atoms with Crippen LogP contribution < -0.4 is 16.0 Å². The summed E-state index contributed by atoms with van der Waals surface area (Å²) in [6.45, 7) is 3.59. The van der Waals surface area contributed by atoms with E-state index in [1.165, 1.54) is 11.6 Å². The molecule has 1 fully saturated rings. The van der Waals surface area contributed by atoms with Crippen LogP contribution in [0.3, 0.4) is 0 Å². The number of hydrogen-bond donors (Lipinski definition) is 2. The van der Waals surface area contributed by atoms with Crippen LogP contribution >= 0.6 is 12.4 Å². The van der Waals surface area contributed by atoms with Gasteiger partial charge in [0, 0.05) is 24.3 Å². The maximum atomic E-state index is 14.6. The van der Waals surface area contributed by atoms with Crippen LogP contribution in [-0.4, -0.2) is 33.2 Å². The minimum atomic E-state index is -0.275. The quantitative estimate of drug-likeness (QED) is 0.448. The fourth-order valence-corrected chi connectivity index (χ4v) is 5.35. The molecule has 2 aromatic heterocycles. The summed E-state index contributed by atoms with van der Waals surface area (Å²) in [5, 5.41) is 8.23. The van der Waals surface area contributed by atoms with Crippen molar-refractivity contribution >= 4 is 29.4 Å². The first-order valence-electron chi connectivity index (χ1n) is 11.0. The van der Waals surface area contributed by atoms with E-state index in [0.29, 0.717) is 11.3 Å². The maximum absolute atomic E-state index is 14.6. The van der Waals surface area contributed by atoms with Crippen molar-refractivity contribution in [3.05, 3.63) is 77.9 Å². The summed E-state index contributed by atoms with van der Waals surface area (Å²) in [7, 11) is 0. The third-order valence-corrected chi connectivity index (χ3v) is 7.06. The lowest BCUT2D eigenvalue weighted by molar-refractivity contribution is 0.323. The van der Waals surface area contributed by atoms with E-state index in [9.17, 15) is 4.39 Å². The molecule has 0 unspecified atom stereocenters. The Morgan fingerprint density at radius 3 is 2.55 bits per heavy atom. The lowest BCUT2D eigenvalue weighted by Crippen LogP contribution is -2.52. The van der Waals surface area contributed by atoms with Crippen molar-refractivity contribution in [3.8, 4) is 11.3 Å². The summed E-state index contributed by atoms with van der Waals surface area (Å²) < 4.78 is 16.4. The normalized spacial score (nSPS) is 18.8. The number of para-hydroxylation sites is 1. The Hall–Kier alpha value is -3.16. The van der Waals surface area contributed by atoms with E-state index in [2.05, 4.69) is 33.5 Å². The predicted molar refractivity (Wildman–Crippen MR) is 132 cm³/mol. The van der Waals surface area contributed by atoms with Crippen molar-refractivity contribution in [1.82, 2.24) is 14.6 Å². The molecule has 33 heavy (non-hydrogen) atoms. The standard InChI is InChI=1S/C25H25FN6.ClH/c1-16-22(17-6-2-4-8-19(17)26)32-21(10-13-28-32)24(29-16)31-14-11-25(12-15-31)23(27)18-7-3-5-9-20(18)30-25;/h2-10,13,23,30H,11-12,14-15,27H2,1H3;1H/t23-;/m1./s1. The second kappa shape index (κ2) is 8.01. The lowest BCUT2D eigenvalue weighted by atomic mass is 9.81. The minimum Gasteiger partial charge on any atom is -0.377 e. The molecule has 1 atom stereocenters. The summed E-state index contributed by atoms with van der Waals surface area (Å²) in [6, 6.07) is 17.0. The molecular weight excluding hydrogens is 439 g/mol. The van der Waals surface area contributed by atoms with Gasteiger partial charge < -0.3 is 16.0 Å².